The second-order valence-electron chi connectivity index (χ2n) is 4.93. The van der Waals surface area contributed by atoms with E-state index in [1.165, 1.54) is 28.2 Å². The number of nitrogens with zero attached hydrogens (tertiary/aromatic N) is 2. The standard InChI is InChI=1S/C16H14N4O2S2/c21-14(19-16-20-17-10-24-16)12(9-11-5-2-1-3-6-11)18-15(22)13-7-4-8-23-13/h1-8,10,12H,9H2,(H,18,22)(H,19,20,21)/t12-/m0/s1. The number of nitrogens with one attached hydrogen (secondary N) is 2. The monoisotopic (exact) mass is 358 g/mol. The Morgan fingerprint density at radius 2 is 1.92 bits per heavy atom. The molecule has 2 aromatic heterocycles. The van der Waals surface area contributed by atoms with Gasteiger partial charge in [0.05, 0.1) is 4.88 Å². The van der Waals surface area contributed by atoms with E-state index in [0.29, 0.717) is 16.4 Å². The summed E-state index contributed by atoms with van der Waals surface area (Å²) in [7, 11) is 0. The molecule has 6 nitrogen and oxygen atoms in total. The van der Waals surface area contributed by atoms with Gasteiger partial charge in [-0.1, -0.05) is 47.7 Å². The van der Waals surface area contributed by atoms with Gasteiger partial charge >= 0.3 is 0 Å². The summed E-state index contributed by atoms with van der Waals surface area (Å²) in [5, 5.41) is 15.2. The highest BCUT2D eigenvalue weighted by Crippen LogP contribution is 2.12. The van der Waals surface area contributed by atoms with Gasteiger partial charge in [-0.25, -0.2) is 0 Å². The van der Waals surface area contributed by atoms with E-state index in [1.807, 2.05) is 35.7 Å². The second kappa shape index (κ2) is 7.80. The van der Waals surface area contributed by atoms with Crippen molar-refractivity contribution in [1.29, 1.82) is 0 Å². The molecule has 3 aromatic rings. The Hall–Kier alpha value is -2.58. The summed E-state index contributed by atoms with van der Waals surface area (Å²) in [5.74, 6) is -0.584. The van der Waals surface area contributed by atoms with Crippen molar-refractivity contribution in [3.05, 3.63) is 63.8 Å². The fraction of sp³-hybridized carbons (Fsp3) is 0.125. The molecule has 0 aliphatic rings. The van der Waals surface area contributed by atoms with Gasteiger partial charge in [-0.15, -0.1) is 21.5 Å². The molecule has 0 radical (unpaired) electrons. The van der Waals surface area contributed by atoms with Crippen LogP contribution in [0, 0.1) is 0 Å². The molecule has 0 bridgehead atoms. The van der Waals surface area contributed by atoms with Crippen molar-refractivity contribution in [2.24, 2.45) is 0 Å². The Morgan fingerprint density at radius 1 is 1.08 bits per heavy atom. The highest BCUT2D eigenvalue weighted by molar-refractivity contribution is 7.13. The van der Waals surface area contributed by atoms with Gasteiger partial charge in [-0.2, -0.15) is 0 Å². The number of amides is 2. The topological polar surface area (TPSA) is 84.0 Å². The third-order valence-corrected chi connectivity index (χ3v) is 4.71. The molecule has 0 fully saturated rings. The highest BCUT2D eigenvalue weighted by atomic mass is 32.1. The van der Waals surface area contributed by atoms with Gasteiger partial charge in [0.2, 0.25) is 11.0 Å². The maximum Gasteiger partial charge on any atom is 0.262 e. The van der Waals surface area contributed by atoms with Crippen molar-refractivity contribution in [1.82, 2.24) is 15.5 Å². The molecule has 0 saturated heterocycles. The lowest BCUT2D eigenvalue weighted by atomic mass is 10.1. The second-order valence-corrected chi connectivity index (χ2v) is 6.71. The van der Waals surface area contributed by atoms with Gasteiger partial charge in [0.15, 0.2) is 0 Å². The van der Waals surface area contributed by atoms with Crippen LogP contribution in [0.1, 0.15) is 15.2 Å². The predicted octanol–water partition coefficient (Wildman–Crippen LogP) is 2.58. The van der Waals surface area contributed by atoms with E-state index in [1.54, 1.807) is 12.1 Å². The van der Waals surface area contributed by atoms with E-state index in [9.17, 15) is 9.59 Å². The van der Waals surface area contributed by atoms with Crippen molar-refractivity contribution >= 4 is 39.6 Å². The van der Waals surface area contributed by atoms with E-state index in [2.05, 4.69) is 20.8 Å². The first-order valence-electron chi connectivity index (χ1n) is 7.17. The molecular formula is C16H14N4O2S2. The Labute approximate surface area is 146 Å². The lowest BCUT2D eigenvalue weighted by molar-refractivity contribution is -0.118. The zero-order valence-electron chi connectivity index (χ0n) is 12.5. The van der Waals surface area contributed by atoms with Crippen LogP contribution < -0.4 is 10.6 Å². The number of rotatable bonds is 6. The van der Waals surface area contributed by atoms with Gasteiger partial charge in [-0.05, 0) is 17.0 Å². The molecule has 1 aromatic carbocycles. The van der Waals surface area contributed by atoms with Gasteiger partial charge in [0, 0.05) is 6.42 Å². The van der Waals surface area contributed by atoms with E-state index in [4.69, 9.17) is 0 Å². The number of carbonyl (C=O) groups excluding carboxylic acids is 2. The maximum absolute atomic E-state index is 12.5. The molecule has 122 valence electrons. The van der Waals surface area contributed by atoms with Crippen LogP contribution in [0.4, 0.5) is 5.13 Å². The third kappa shape index (κ3) is 4.24. The molecule has 24 heavy (non-hydrogen) atoms. The van der Waals surface area contributed by atoms with Crippen LogP contribution in [-0.2, 0) is 11.2 Å². The number of carbonyl (C=O) groups is 2. The van der Waals surface area contributed by atoms with Crippen LogP contribution >= 0.6 is 22.7 Å². The summed E-state index contributed by atoms with van der Waals surface area (Å²) in [4.78, 5) is 25.4. The lowest BCUT2D eigenvalue weighted by Gasteiger charge is -2.17. The Bertz CT molecular complexity index is 789. The predicted molar refractivity (Wildman–Crippen MR) is 94.3 cm³/mol. The van der Waals surface area contributed by atoms with Crippen molar-refractivity contribution in [2.75, 3.05) is 5.32 Å². The number of hydrogen-bond acceptors (Lipinski definition) is 6. The average Bonchev–Trinajstić information content (AvgIpc) is 3.29. The summed E-state index contributed by atoms with van der Waals surface area (Å²) in [6, 6.07) is 12.4. The Balaban J connectivity index is 1.74. The van der Waals surface area contributed by atoms with Gasteiger partial charge in [0.1, 0.15) is 11.6 Å². The van der Waals surface area contributed by atoms with Crippen LogP contribution in [-0.4, -0.2) is 28.1 Å². The molecule has 0 unspecified atom stereocenters. The molecule has 2 N–H and O–H groups in total. The van der Waals surface area contributed by atoms with E-state index < -0.39 is 6.04 Å². The minimum absolute atomic E-state index is 0.265. The zero-order valence-corrected chi connectivity index (χ0v) is 14.1. The lowest BCUT2D eigenvalue weighted by Crippen LogP contribution is -2.45. The van der Waals surface area contributed by atoms with Gasteiger partial charge < -0.3 is 5.32 Å². The first-order valence-corrected chi connectivity index (χ1v) is 8.93. The van der Waals surface area contributed by atoms with E-state index in [0.717, 1.165) is 5.56 Å². The van der Waals surface area contributed by atoms with Crippen LogP contribution in [0.3, 0.4) is 0 Å². The van der Waals surface area contributed by atoms with Crippen LogP contribution in [0.2, 0.25) is 0 Å². The molecule has 1 atom stereocenters. The van der Waals surface area contributed by atoms with Crippen molar-refractivity contribution in [3.63, 3.8) is 0 Å². The zero-order chi connectivity index (χ0) is 16.8. The first kappa shape index (κ1) is 16.3. The number of aromatic nitrogens is 2. The van der Waals surface area contributed by atoms with Crippen molar-refractivity contribution in [3.8, 4) is 0 Å². The van der Waals surface area contributed by atoms with E-state index >= 15 is 0 Å². The normalized spacial score (nSPS) is 11.7. The van der Waals surface area contributed by atoms with E-state index in [-0.39, 0.29) is 11.8 Å². The molecule has 8 heteroatoms. The molecule has 0 aliphatic heterocycles. The summed E-state index contributed by atoms with van der Waals surface area (Å²) in [5.41, 5.74) is 2.49. The minimum Gasteiger partial charge on any atom is -0.339 e. The number of benzene rings is 1. The maximum atomic E-state index is 12.5. The van der Waals surface area contributed by atoms with Gasteiger partial charge in [0.25, 0.3) is 5.91 Å². The quantitative estimate of drug-likeness (QED) is 0.709. The fourth-order valence-electron chi connectivity index (χ4n) is 2.12. The summed E-state index contributed by atoms with van der Waals surface area (Å²) in [6.07, 6.45) is 0.391. The number of thiophene rings is 1. The molecule has 0 saturated carbocycles. The summed E-state index contributed by atoms with van der Waals surface area (Å²) in [6.45, 7) is 0. The summed E-state index contributed by atoms with van der Waals surface area (Å²) < 4.78 is 0. The van der Waals surface area contributed by atoms with Crippen LogP contribution in [0.5, 0.6) is 0 Å². The highest BCUT2D eigenvalue weighted by Gasteiger charge is 2.23. The largest absolute Gasteiger partial charge is 0.339 e. The molecule has 0 aliphatic carbocycles. The fourth-order valence-corrected chi connectivity index (χ4v) is 3.19. The molecule has 2 amide bonds. The minimum atomic E-state index is -0.703. The average molecular weight is 358 g/mol. The van der Waals surface area contributed by atoms with Crippen LogP contribution in [0.15, 0.2) is 53.4 Å². The number of hydrogen-bond donors (Lipinski definition) is 2. The molecular weight excluding hydrogens is 344 g/mol. The number of anilines is 1. The molecule has 3 rings (SSSR count). The first-order chi connectivity index (χ1) is 11.7. The van der Waals surface area contributed by atoms with Crippen molar-refractivity contribution < 1.29 is 9.59 Å². The Morgan fingerprint density at radius 3 is 2.58 bits per heavy atom. The molecule has 2 heterocycles. The third-order valence-electron chi connectivity index (χ3n) is 3.24. The molecule has 0 spiro atoms. The summed E-state index contributed by atoms with van der Waals surface area (Å²) >= 11 is 2.56. The Kier molecular flexibility index (Phi) is 5.29. The van der Waals surface area contributed by atoms with Crippen molar-refractivity contribution in [2.45, 2.75) is 12.5 Å². The van der Waals surface area contributed by atoms with Crippen LogP contribution in [0.25, 0.3) is 0 Å². The smallest absolute Gasteiger partial charge is 0.262 e. The van der Waals surface area contributed by atoms with Gasteiger partial charge in [-0.3, -0.25) is 14.9 Å². The SMILES string of the molecule is O=C(N[C@@H](Cc1ccccc1)C(=O)Nc1nncs1)c1cccs1.